The lowest BCUT2D eigenvalue weighted by Crippen LogP contribution is -2.10. The zero-order valence-electron chi connectivity index (χ0n) is 8.31. The third-order valence-electron chi connectivity index (χ3n) is 1.98. The number of hydrogen-bond donors (Lipinski definition) is 2. The summed E-state index contributed by atoms with van der Waals surface area (Å²) in [4.78, 5) is 20.7. The van der Waals surface area contributed by atoms with Crippen LogP contribution in [0.15, 0.2) is 18.2 Å². The Hall–Kier alpha value is -1.56. The number of carboxylic acid groups (broad SMARTS) is 2. The fourth-order valence-corrected chi connectivity index (χ4v) is 1.60. The van der Waals surface area contributed by atoms with Gasteiger partial charge in [0.05, 0.1) is 12.7 Å². The summed E-state index contributed by atoms with van der Waals surface area (Å²) in [5.41, 5.74) is 0.0874. The monoisotopic (exact) mass is 288 g/mol. The molecule has 0 fully saturated rings. The summed E-state index contributed by atoms with van der Waals surface area (Å²) in [5.74, 6) is -1.97. The van der Waals surface area contributed by atoms with E-state index in [2.05, 4.69) is 15.9 Å². The summed E-state index contributed by atoms with van der Waals surface area (Å²) in [5, 5.41) is 17.7. The Bertz CT molecular complexity index is 429. The van der Waals surface area contributed by atoms with Crippen LogP contribution in [0.3, 0.4) is 0 Å². The van der Waals surface area contributed by atoms with Crippen LogP contribution >= 0.6 is 15.9 Å². The van der Waals surface area contributed by atoms with Crippen molar-refractivity contribution in [2.45, 2.75) is 4.83 Å². The molecule has 0 spiro atoms. The number of halogens is 1. The number of ether oxygens (including phenoxy) is 1. The highest BCUT2D eigenvalue weighted by atomic mass is 79.9. The number of aromatic carboxylic acids is 1. The molecule has 0 radical (unpaired) electrons. The standard InChI is InChI=1S/C10H9BrO5/c1-16-5-2-3-6(8(11)10(14)15)7(4-5)9(12)13/h2-4,8H,1H3,(H,12,13)(H,14,15). The Morgan fingerprint density at radius 1 is 1.38 bits per heavy atom. The summed E-state index contributed by atoms with van der Waals surface area (Å²) in [6, 6.07) is 4.21. The molecule has 2 N–H and O–H groups in total. The fourth-order valence-electron chi connectivity index (χ4n) is 1.20. The molecule has 1 rings (SSSR count). The first-order chi connectivity index (χ1) is 7.47. The zero-order chi connectivity index (χ0) is 12.3. The first kappa shape index (κ1) is 12.5. The molecule has 0 saturated carbocycles. The van der Waals surface area contributed by atoms with Crippen molar-refractivity contribution in [2.24, 2.45) is 0 Å². The van der Waals surface area contributed by atoms with Gasteiger partial charge < -0.3 is 14.9 Å². The second kappa shape index (κ2) is 4.98. The number of aliphatic carboxylic acids is 1. The Balaban J connectivity index is 3.28. The average Bonchev–Trinajstić information content (AvgIpc) is 2.26. The van der Waals surface area contributed by atoms with Gasteiger partial charge in [0, 0.05) is 0 Å². The maximum Gasteiger partial charge on any atom is 0.336 e. The molecule has 0 aliphatic rings. The van der Waals surface area contributed by atoms with Crippen LogP contribution in [0.25, 0.3) is 0 Å². The van der Waals surface area contributed by atoms with Crippen LogP contribution in [0.4, 0.5) is 0 Å². The lowest BCUT2D eigenvalue weighted by atomic mass is 10.0. The number of methoxy groups -OCH3 is 1. The van der Waals surface area contributed by atoms with Gasteiger partial charge in [0.15, 0.2) is 0 Å². The van der Waals surface area contributed by atoms with E-state index in [-0.39, 0.29) is 11.1 Å². The van der Waals surface area contributed by atoms with Crippen molar-refractivity contribution in [1.82, 2.24) is 0 Å². The zero-order valence-corrected chi connectivity index (χ0v) is 9.89. The van der Waals surface area contributed by atoms with Crippen molar-refractivity contribution < 1.29 is 24.5 Å². The van der Waals surface area contributed by atoms with Crippen molar-refractivity contribution in [3.63, 3.8) is 0 Å². The topological polar surface area (TPSA) is 83.8 Å². The van der Waals surface area contributed by atoms with Crippen LogP contribution in [0.2, 0.25) is 0 Å². The minimum Gasteiger partial charge on any atom is -0.497 e. The molecule has 86 valence electrons. The normalized spacial score (nSPS) is 11.9. The van der Waals surface area contributed by atoms with Crippen molar-refractivity contribution in [2.75, 3.05) is 7.11 Å². The van der Waals surface area contributed by atoms with Crippen LogP contribution in [0.5, 0.6) is 5.75 Å². The number of hydrogen-bond acceptors (Lipinski definition) is 3. The van der Waals surface area contributed by atoms with Gasteiger partial charge in [-0.3, -0.25) is 4.79 Å². The molecule has 5 nitrogen and oxygen atoms in total. The number of alkyl halides is 1. The largest absolute Gasteiger partial charge is 0.497 e. The molecular formula is C10H9BrO5. The molecule has 0 aromatic heterocycles. The average molecular weight is 289 g/mol. The summed E-state index contributed by atoms with van der Waals surface area (Å²) < 4.78 is 4.87. The Morgan fingerprint density at radius 3 is 2.44 bits per heavy atom. The predicted octanol–water partition coefficient (Wildman–Crippen LogP) is 1.91. The van der Waals surface area contributed by atoms with Crippen LogP contribution in [-0.2, 0) is 4.79 Å². The molecule has 1 unspecified atom stereocenters. The fraction of sp³-hybridized carbons (Fsp3) is 0.200. The van der Waals surface area contributed by atoms with E-state index in [1.807, 2.05) is 0 Å². The smallest absolute Gasteiger partial charge is 0.336 e. The van der Waals surface area contributed by atoms with Crippen LogP contribution < -0.4 is 4.74 Å². The van der Waals surface area contributed by atoms with Gasteiger partial charge in [-0.15, -0.1) is 0 Å². The van der Waals surface area contributed by atoms with Crippen molar-refractivity contribution in [3.8, 4) is 5.75 Å². The van der Waals surface area contributed by atoms with Crippen LogP contribution in [0.1, 0.15) is 20.7 Å². The summed E-state index contributed by atoms with van der Waals surface area (Å²) in [6.07, 6.45) is 0. The molecule has 0 aliphatic heterocycles. The van der Waals surface area contributed by atoms with E-state index in [9.17, 15) is 9.59 Å². The number of carbonyl (C=O) groups is 2. The summed E-state index contributed by atoms with van der Waals surface area (Å²) in [6.45, 7) is 0. The van der Waals surface area contributed by atoms with Crippen LogP contribution in [-0.4, -0.2) is 29.3 Å². The van der Waals surface area contributed by atoms with Gasteiger partial charge in [0.1, 0.15) is 10.6 Å². The number of carboxylic acids is 2. The van der Waals surface area contributed by atoms with E-state index < -0.39 is 16.8 Å². The third kappa shape index (κ3) is 2.52. The van der Waals surface area contributed by atoms with E-state index in [1.165, 1.54) is 25.3 Å². The first-order valence-corrected chi connectivity index (χ1v) is 5.17. The van der Waals surface area contributed by atoms with Gasteiger partial charge in [-0.25, -0.2) is 4.79 Å². The van der Waals surface area contributed by atoms with Crippen molar-refractivity contribution in [3.05, 3.63) is 29.3 Å². The van der Waals surface area contributed by atoms with Gasteiger partial charge in [0.25, 0.3) is 0 Å². The third-order valence-corrected chi connectivity index (χ3v) is 2.87. The highest BCUT2D eigenvalue weighted by Gasteiger charge is 2.22. The van der Waals surface area contributed by atoms with Gasteiger partial charge in [-0.2, -0.15) is 0 Å². The first-order valence-electron chi connectivity index (χ1n) is 4.25. The molecule has 0 aliphatic carbocycles. The quantitative estimate of drug-likeness (QED) is 0.827. The lowest BCUT2D eigenvalue weighted by molar-refractivity contribution is -0.136. The second-order valence-electron chi connectivity index (χ2n) is 2.96. The molecule has 1 aromatic carbocycles. The molecule has 1 aromatic rings. The molecule has 16 heavy (non-hydrogen) atoms. The number of benzene rings is 1. The van der Waals surface area contributed by atoms with Crippen LogP contribution in [0, 0.1) is 0 Å². The Morgan fingerprint density at radius 2 is 2.00 bits per heavy atom. The number of rotatable bonds is 4. The maximum absolute atomic E-state index is 10.9. The molecule has 0 bridgehead atoms. The van der Waals surface area contributed by atoms with Gasteiger partial charge in [0.2, 0.25) is 0 Å². The molecular weight excluding hydrogens is 280 g/mol. The van der Waals surface area contributed by atoms with Gasteiger partial charge in [-0.1, -0.05) is 22.0 Å². The minimum absolute atomic E-state index is 0.0939. The maximum atomic E-state index is 10.9. The van der Waals surface area contributed by atoms with E-state index in [0.717, 1.165) is 0 Å². The van der Waals surface area contributed by atoms with E-state index in [1.54, 1.807) is 0 Å². The van der Waals surface area contributed by atoms with Gasteiger partial charge >= 0.3 is 11.9 Å². The van der Waals surface area contributed by atoms with Gasteiger partial charge in [-0.05, 0) is 17.7 Å². The SMILES string of the molecule is COc1ccc(C(Br)C(=O)O)c(C(=O)O)c1. The minimum atomic E-state index is -1.19. The Kier molecular flexibility index (Phi) is 3.89. The van der Waals surface area contributed by atoms with E-state index >= 15 is 0 Å². The Labute approximate surface area is 99.8 Å². The van der Waals surface area contributed by atoms with Crippen molar-refractivity contribution >= 4 is 27.9 Å². The highest BCUT2D eigenvalue weighted by Crippen LogP contribution is 2.29. The molecule has 1 atom stereocenters. The summed E-state index contributed by atoms with van der Waals surface area (Å²) >= 11 is 2.91. The van der Waals surface area contributed by atoms with E-state index in [0.29, 0.717) is 5.75 Å². The second-order valence-corrected chi connectivity index (χ2v) is 3.87. The molecule has 0 saturated heterocycles. The molecule has 0 amide bonds. The highest BCUT2D eigenvalue weighted by molar-refractivity contribution is 9.09. The molecule has 0 heterocycles. The summed E-state index contributed by atoms with van der Waals surface area (Å²) in [7, 11) is 1.41. The van der Waals surface area contributed by atoms with E-state index in [4.69, 9.17) is 14.9 Å². The molecule has 6 heteroatoms. The van der Waals surface area contributed by atoms with Crippen molar-refractivity contribution in [1.29, 1.82) is 0 Å². The lowest BCUT2D eigenvalue weighted by Gasteiger charge is -2.10. The predicted molar refractivity (Wildman–Crippen MR) is 59.3 cm³/mol.